The summed E-state index contributed by atoms with van der Waals surface area (Å²) >= 11 is 0. The lowest BCUT2D eigenvalue weighted by Gasteiger charge is -2.19. The molecule has 0 aromatic heterocycles. The van der Waals surface area contributed by atoms with Gasteiger partial charge in [-0.2, -0.15) is 0 Å². The zero-order valence-corrected chi connectivity index (χ0v) is 14.1. The molecule has 0 saturated carbocycles. The minimum atomic E-state index is -3.09. The first-order valence-electron chi connectivity index (χ1n) is 7.21. The standard InChI is InChI=1S/C15H26N2O3S/c1-5-17(21(4,18)19)11-7-10-16-13(2)14-8-6-9-15(12-14)20-3/h6,8-9,12-13,16H,5,7,10-11H2,1-4H3. The maximum absolute atomic E-state index is 11.5. The van der Waals surface area contributed by atoms with Crippen molar-refractivity contribution >= 4 is 10.0 Å². The Balaban J connectivity index is 2.41. The smallest absolute Gasteiger partial charge is 0.211 e. The second-order valence-corrected chi connectivity index (χ2v) is 7.04. The van der Waals surface area contributed by atoms with E-state index in [1.807, 2.05) is 25.1 Å². The van der Waals surface area contributed by atoms with Gasteiger partial charge in [-0.15, -0.1) is 0 Å². The summed E-state index contributed by atoms with van der Waals surface area (Å²) < 4.78 is 29.7. The Labute approximate surface area is 128 Å². The number of nitrogens with one attached hydrogen (secondary N) is 1. The van der Waals surface area contributed by atoms with Gasteiger partial charge in [-0.25, -0.2) is 12.7 Å². The lowest BCUT2D eigenvalue weighted by Crippen LogP contribution is -2.32. The van der Waals surface area contributed by atoms with Crippen LogP contribution in [0.25, 0.3) is 0 Å². The summed E-state index contributed by atoms with van der Waals surface area (Å²) in [5.41, 5.74) is 1.16. The predicted molar refractivity (Wildman–Crippen MR) is 86.1 cm³/mol. The third-order valence-corrected chi connectivity index (χ3v) is 4.83. The molecule has 21 heavy (non-hydrogen) atoms. The van der Waals surface area contributed by atoms with E-state index in [1.54, 1.807) is 7.11 Å². The van der Waals surface area contributed by atoms with Crippen LogP contribution in [0, 0.1) is 0 Å². The summed E-state index contributed by atoms with van der Waals surface area (Å²) in [5, 5.41) is 3.40. The average molecular weight is 314 g/mol. The number of benzene rings is 1. The van der Waals surface area contributed by atoms with Gasteiger partial charge in [0.25, 0.3) is 0 Å². The van der Waals surface area contributed by atoms with Crippen LogP contribution in [0.15, 0.2) is 24.3 Å². The minimum absolute atomic E-state index is 0.202. The Kier molecular flexibility index (Phi) is 7.14. The molecule has 0 radical (unpaired) electrons. The normalized spacial score (nSPS) is 13.4. The highest BCUT2D eigenvalue weighted by atomic mass is 32.2. The number of ether oxygens (including phenoxy) is 1. The quantitative estimate of drug-likeness (QED) is 0.709. The van der Waals surface area contributed by atoms with Crippen molar-refractivity contribution in [3.05, 3.63) is 29.8 Å². The maximum atomic E-state index is 11.5. The fraction of sp³-hybridized carbons (Fsp3) is 0.600. The first-order chi connectivity index (χ1) is 9.88. The summed E-state index contributed by atoms with van der Waals surface area (Å²) in [5.74, 6) is 0.843. The van der Waals surface area contributed by atoms with Crippen molar-refractivity contribution in [2.45, 2.75) is 26.3 Å². The van der Waals surface area contributed by atoms with Crippen LogP contribution in [0.3, 0.4) is 0 Å². The van der Waals surface area contributed by atoms with Crippen molar-refractivity contribution in [3.63, 3.8) is 0 Å². The van der Waals surface area contributed by atoms with Crippen LogP contribution in [-0.2, 0) is 10.0 Å². The molecule has 0 heterocycles. The van der Waals surface area contributed by atoms with Gasteiger partial charge in [0.05, 0.1) is 13.4 Å². The molecular formula is C15H26N2O3S. The highest BCUT2D eigenvalue weighted by Crippen LogP contribution is 2.18. The van der Waals surface area contributed by atoms with Gasteiger partial charge in [0.2, 0.25) is 10.0 Å². The van der Waals surface area contributed by atoms with Gasteiger partial charge in [0.1, 0.15) is 5.75 Å². The Bertz CT molecular complexity index is 531. The van der Waals surface area contributed by atoms with E-state index in [9.17, 15) is 8.42 Å². The zero-order chi connectivity index (χ0) is 15.9. The topological polar surface area (TPSA) is 58.6 Å². The van der Waals surface area contributed by atoms with Crippen molar-refractivity contribution in [2.75, 3.05) is 33.0 Å². The molecule has 0 spiro atoms. The van der Waals surface area contributed by atoms with Crippen molar-refractivity contribution < 1.29 is 13.2 Å². The van der Waals surface area contributed by atoms with Gasteiger partial charge in [-0.05, 0) is 37.6 Å². The van der Waals surface area contributed by atoms with Crippen LogP contribution >= 0.6 is 0 Å². The fourth-order valence-corrected chi connectivity index (χ4v) is 3.09. The van der Waals surface area contributed by atoms with E-state index in [0.717, 1.165) is 24.3 Å². The number of methoxy groups -OCH3 is 1. The lowest BCUT2D eigenvalue weighted by molar-refractivity contribution is 0.409. The second kappa shape index (κ2) is 8.36. The first-order valence-corrected chi connectivity index (χ1v) is 9.05. The van der Waals surface area contributed by atoms with E-state index >= 15 is 0 Å². The van der Waals surface area contributed by atoms with Gasteiger partial charge in [-0.1, -0.05) is 19.1 Å². The van der Waals surface area contributed by atoms with E-state index in [2.05, 4.69) is 18.3 Å². The molecule has 0 aliphatic heterocycles. The summed E-state index contributed by atoms with van der Waals surface area (Å²) in [6.45, 7) is 5.78. The van der Waals surface area contributed by atoms with Crippen molar-refractivity contribution in [2.24, 2.45) is 0 Å². The van der Waals surface area contributed by atoms with Gasteiger partial charge in [0, 0.05) is 19.1 Å². The highest BCUT2D eigenvalue weighted by molar-refractivity contribution is 7.88. The second-order valence-electron chi connectivity index (χ2n) is 5.06. The minimum Gasteiger partial charge on any atom is -0.497 e. The number of nitrogens with zero attached hydrogens (tertiary/aromatic N) is 1. The molecule has 1 aromatic carbocycles. The molecule has 0 aliphatic carbocycles. The van der Waals surface area contributed by atoms with Gasteiger partial charge in [-0.3, -0.25) is 0 Å². The Morgan fingerprint density at radius 3 is 2.67 bits per heavy atom. The molecule has 5 nitrogen and oxygen atoms in total. The van der Waals surface area contributed by atoms with Crippen LogP contribution < -0.4 is 10.1 Å². The van der Waals surface area contributed by atoms with Crippen LogP contribution in [-0.4, -0.2) is 45.7 Å². The van der Waals surface area contributed by atoms with Crippen LogP contribution in [0.2, 0.25) is 0 Å². The molecule has 1 aromatic rings. The summed E-state index contributed by atoms with van der Waals surface area (Å²) in [6.07, 6.45) is 2.04. The van der Waals surface area contributed by atoms with Gasteiger partial charge < -0.3 is 10.1 Å². The monoisotopic (exact) mass is 314 g/mol. The molecule has 1 atom stereocenters. The first kappa shape index (κ1) is 17.9. The fourth-order valence-electron chi connectivity index (χ4n) is 2.16. The van der Waals surface area contributed by atoms with Gasteiger partial charge >= 0.3 is 0 Å². The number of sulfonamides is 1. The molecule has 0 fully saturated rings. The van der Waals surface area contributed by atoms with Crippen molar-refractivity contribution in [3.8, 4) is 5.75 Å². The molecule has 1 N–H and O–H groups in total. The number of hydrogen-bond acceptors (Lipinski definition) is 4. The Morgan fingerprint density at radius 1 is 1.38 bits per heavy atom. The van der Waals surface area contributed by atoms with Crippen molar-refractivity contribution in [1.82, 2.24) is 9.62 Å². The molecule has 1 rings (SSSR count). The number of rotatable bonds is 9. The highest BCUT2D eigenvalue weighted by Gasteiger charge is 2.13. The lowest BCUT2D eigenvalue weighted by atomic mass is 10.1. The third-order valence-electron chi connectivity index (χ3n) is 3.45. The Hall–Kier alpha value is -1.11. The predicted octanol–water partition coefficient (Wildman–Crippen LogP) is 2.02. The maximum Gasteiger partial charge on any atom is 0.211 e. The SMILES string of the molecule is CCN(CCCNC(C)c1cccc(OC)c1)S(C)(=O)=O. The Morgan fingerprint density at radius 2 is 2.10 bits per heavy atom. The average Bonchev–Trinajstić information content (AvgIpc) is 2.45. The largest absolute Gasteiger partial charge is 0.497 e. The van der Waals surface area contributed by atoms with Gasteiger partial charge in [0.15, 0.2) is 0 Å². The molecule has 0 aliphatic rings. The van der Waals surface area contributed by atoms with E-state index in [4.69, 9.17) is 4.74 Å². The molecule has 0 saturated heterocycles. The van der Waals surface area contributed by atoms with Crippen LogP contribution in [0.5, 0.6) is 5.75 Å². The molecule has 120 valence electrons. The summed E-state index contributed by atoms with van der Waals surface area (Å²) in [6, 6.07) is 8.14. The van der Waals surface area contributed by atoms with E-state index in [0.29, 0.717) is 13.1 Å². The number of hydrogen-bond donors (Lipinski definition) is 1. The molecule has 0 bridgehead atoms. The molecule has 1 unspecified atom stereocenters. The van der Waals surface area contributed by atoms with E-state index in [-0.39, 0.29) is 6.04 Å². The van der Waals surface area contributed by atoms with Crippen LogP contribution in [0.1, 0.15) is 31.9 Å². The van der Waals surface area contributed by atoms with Crippen molar-refractivity contribution in [1.29, 1.82) is 0 Å². The van der Waals surface area contributed by atoms with E-state index < -0.39 is 10.0 Å². The van der Waals surface area contributed by atoms with Crippen LogP contribution in [0.4, 0.5) is 0 Å². The molecular weight excluding hydrogens is 288 g/mol. The molecule has 0 amide bonds. The summed E-state index contributed by atoms with van der Waals surface area (Å²) in [4.78, 5) is 0. The zero-order valence-electron chi connectivity index (χ0n) is 13.3. The third kappa shape index (κ3) is 6.03. The summed E-state index contributed by atoms with van der Waals surface area (Å²) in [7, 11) is -1.43. The van der Waals surface area contributed by atoms with E-state index in [1.165, 1.54) is 10.6 Å². The molecule has 6 heteroatoms.